The predicted octanol–water partition coefficient (Wildman–Crippen LogP) is 3.69. The monoisotopic (exact) mass is 361 g/mol. The fourth-order valence-electron chi connectivity index (χ4n) is 2.64. The molecular formula is C20H27NO5. The number of benzene rings is 1. The van der Waals surface area contributed by atoms with Crippen molar-refractivity contribution in [1.82, 2.24) is 5.32 Å². The highest BCUT2D eigenvalue weighted by Gasteiger charge is 2.24. The van der Waals surface area contributed by atoms with Crippen LogP contribution < -0.4 is 10.1 Å². The van der Waals surface area contributed by atoms with Gasteiger partial charge in [-0.1, -0.05) is 18.2 Å². The normalized spacial score (nSPS) is 18.0. The van der Waals surface area contributed by atoms with Gasteiger partial charge < -0.3 is 19.9 Å². The number of rotatable bonds is 6. The van der Waals surface area contributed by atoms with Crippen molar-refractivity contribution in [3.05, 3.63) is 42.0 Å². The van der Waals surface area contributed by atoms with Gasteiger partial charge in [0.05, 0.1) is 0 Å². The first-order valence-electron chi connectivity index (χ1n) is 8.87. The van der Waals surface area contributed by atoms with Gasteiger partial charge in [-0.2, -0.15) is 0 Å². The second kappa shape index (κ2) is 8.74. The van der Waals surface area contributed by atoms with Crippen molar-refractivity contribution < 1.29 is 24.2 Å². The molecule has 26 heavy (non-hydrogen) atoms. The number of carbonyl (C=O) groups is 2. The van der Waals surface area contributed by atoms with E-state index >= 15 is 0 Å². The zero-order valence-corrected chi connectivity index (χ0v) is 15.5. The van der Waals surface area contributed by atoms with Crippen molar-refractivity contribution in [3.8, 4) is 5.75 Å². The molecule has 6 nitrogen and oxygen atoms in total. The summed E-state index contributed by atoms with van der Waals surface area (Å²) in [4.78, 5) is 23.2. The Morgan fingerprint density at radius 3 is 2.50 bits per heavy atom. The third kappa shape index (κ3) is 6.78. The Labute approximate surface area is 154 Å². The van der Waals surface area contributed by atoms with Gasteiger partial charge in [0.2, 0.25) is 0 Å². The summed E-state index contributed by atoms with van der Waals surface area (Å²) in [5.74, 6) is -0.360. The maximum Gasteiger partial charge on any atom is 0.408 e. The molecule has 1 aromatic carbocycles. The lowest BCUT2D eigenvalue weighted by Crippen LogP contribution is -2.44. The van der Waals surface area contributed by atoms with E-state index in [4.69, 9.17) is 9.47 Å². The van der Waals surface area contributed by atoms with Gasteiger partial charge >= 0.3 is 12.1 Å². The Morgan fingerprint density at radius 1 is 1.27 bits per heavy atom. The summed E-state index contributed by atoms with van der Waals surface area (Å²) >= 11 is 0. The summed E-state index contributed by atoms with van der Waals surface area (Å²) in [6.07, 6.45) is 6.93. The average molecular weight is 361 g/mol. The van der Waals surface area contributed by atoms with Gasteiger partial charge in [-0.05, 0) is 63.8 Å². The van der Waals surface area contributed by atoms with Crippen LogP contribution in [0.5, 0.6) is 5.75 Å². The molecule has 1 aliphatic rings. The highest BCUT2D eigenvalue weighted by molar-refractivity contribution is 5.80. The van der Waals surface area contributed by atoms with Crippen LogP contribution in [0.4, 0.5) is 4.79 Å². The van der Waals surface area contributed by atoms with E-state index in [1.807, 2.05) is 24.3 Å². The van der Waals surface area contributed by atoms with E-state index < -0.39 is 23.7 Å². The van der Waals surface area contributed by atoms with Crippen molar-refractivity contribution in [2.45, 2.75) is 64.2 Å². The van der Waals surface area contributed by atoms with Gasteiger partial charge in [0, 0.05) is 6.42 Å². The summed E-state index contributed by atoms with van der Waals surface area (Å²) in [5, 5.41) is 11.8. The first-order chi connectivity index (χ1) is 12.2. The fourth-order valence-corrected chi connectivity index (χ4v) is 2.64. The lowest BCUT2D eigenvalue weighted by molar-refractivity contribution is -0.139. The molecule has 0 heterocycles. The van der Waals surface area contributed by atoms with Crippen LogP contribution in [-0.4, -0.2) is 34.9 Å². The first-order valence-corrected chi connectivity index (χ1v) is 8.87. The Morgan fingerprint density at radius 2 is 1.96 bits per heavy atom. The molecule has 1 amide bonds. The molecule has 0 bridgehead atoms. The summed E-state index contributed by atoms with van der Waals surface area (Å²) in [6.45, 7) is 5.17. The van der Waals surface area contributed by atoms with E-state index in [0.29, 0.717) is 0 Å². The third-order valence-corrected chi connectivity index (χ3v) is 3.85. The summed E-state index contributed by atoms with van der Waals surface area (Å²) in [7, 11) is 0. The van der Waals surface area contributed by atoms with E-state index in [-0.39, 0.29) is 12.5 Å². The van der Waals surface area contributed by atoms with Gasteiger partial charge in [0.25, 0.3) is 0 Å². The number of carboxylic acid groups (broad SMARTS) is 1. The molecule has 0 radical (unpaired) electrons. The Balaban J connectivity index is 1.93. The molecule has 0 saturated carbocycles. The smallest absolute Gasteiger partial charge is 0.408 e. The topological polar surface area (TPSA) is 84.9 Å². The van der Waals surface area contributed by atoms with E-state index in [9.17, 15) is 14.7 Å². The Kier molecular flexibility index (Phi) is 6.66. The van der Waals surface area contributed by atoms with Crippen molar-refractivity contribution in [3.63, 3.8) is 0 Å². The van der Waals surface area contributed by atoms with Crippen molar-refractivity contribution >= 4 is 12.1 Å². The molecule has 1 aromatic rings. The van der Waals surface area contributed by atoms with Gasteiger partial charge in [0.1, 0.15) is 23.5 Å². The Bertz CT molecular complexity index is 645. The minimum absolute atomic E-state index is 0.0928. The second-order valence-electron chi connectivity index (χ2n) is 7.40. The number of ether oxygens (including phenoxy) is 2. The van der Waals surface area contributed by atoms with Gasteiger partial charge in [0.15, 0.2) is 0 Å². The number of carboxylic acids is 1. The molecule has 0 spiro atoms. The van der Waals surface area contributed by atoms with Crippen LogP contribution in [0.25, 0.3) is 0 Å². The molecule has 142 valence electrons. The van der Waals surface area contributed by atoms with E-state index in [0.717, 1.165) is 30.6 Å². The highest BCUT2D eigenvalue weighted by Crippen LogP contribution is 2.20. The van der Waals surface area contributed by atoms with Crippen molar-refractivity contribution in [2.75, 3.05) is 0 Å². The van der Waals surface area contributed by atoms with Crippen LogP contribution >= 0.6 is 0 Å². The molecule has 2 atom stereocenters. The minimum Gasteiger partial charge on any atom is -0.486 e. The maximum absolute atomic E-state index is 11.8. The van der Waals surface area contributed by atoms with E-state index in [1.165, 1.54) is 0 Å². The highest BCUT2D eigenvalue weighted by atomic mass is 16.6. The number of allylic oxidation sites excluding steroid dienone is 1. The number of carbonyl (C=O) groups excluding carboxylic acids is 1. The average Bonchev–Trinajstić information content (AvgIpc) is 2.55. The fraction of sp³-hybridized carbons (Fsp3) is 0.500. The molecule has 0 saturated heterocycles. The van der Waals surface area contributed by atoms with Crippen LogP contribution in [0.3, 0.4) is 0 Å². The van der Waals surface area contributed by atoms with Crippen LogP contribution in [0.2, 0.25) is 0 Å². The molecule has 2 rings (SSSR count). The lowest BCUT2D eigenvalue weighted by Gasteiger charge is -2.22. The van der Waals surface area contributed by atoms with Crippen LogP contribution in [0.15, 0.2) is 36.4 Å². The molecule has 1 unspecified atom stereocenters. The largest absolute Gasteiger partial charge is 0.486 e. The quantitative estimate of drug-likeness (QED) is 0.755. The number of alkyl carbamates (subject to hydrolysis) is 1. The predicted molar refractivity (Wildman–Crippen MR) is 98.3 cm³/mol. The van der Waals surface area contributed by atoms with Crippen LogP contribution in [-0.2, 0) is 16.0 Å². The number of aliphatic carboxylic acids is 1. The standard InChI is InChI=1S/C20H27NO5/c1-20(2,3)26-19(24)21-17(18(22)23)13-14-9-11-16(12-10-14)25-15-7-5-4-6-8-15/h5,7,9-12,15,17H,4,6,8,13H2,1-3H3,(H,21,24)(H,22,23)/t15?,17-/m0/s1. The summed E-state index contributed by atoms with van der Waals surface area (Å²) in [6, 6.07) is 6.22. The summed E-state index contributed by atoms with van der Waals surface area (Å²) in [5.41, 5.74) is 0.111. The van der Waals surface area contributed by atoms with Crippen LogP contribution in [0, 0.1) is 0 Å². The molecule has 0 aliphatic heterocycles. The van der Waals surface area contributed by atoms with Crippen molar-refractivity contribution in [1.29, 1.82) is 0 Å². The van der Waals surface area contributed by atoms with E-state index in [2.05, 4.69) is 17.5 Å². The number of hydrogen-bond acceptors (Lipinski definition) is 4. The second-order valence-corrected chi connectivity index (χ2v) is 7.40. The van der Waals surface area contributed by atoms with Gasteiger partial charge in [-0.15, -0.1) is 0 Å². The molecule has 2 N–H and O–H groups in total. The molecule has 6 heteroatoms. The zero-order chi connectivity index (χ0) is 19.2. The number of nitrogens with one attached hydrogen (secondary N) is 1. The first kappa shape index (κ1) is 19.8. The number of amides is 1. The Hall–Kier alpha value is -2.50. The third-order valence-electron chi connectivity index (χ3n) is 3.85. The van der Waals surface area contributed by atoms with Crippen molar-refractivity contribution in [2.24, 2.45) is 0 Å². The molecule has 0 aromatic heterocycles. The van der Waals surface area contributed by atoms with Gasteiger partial charge in [-0.25, -0.2) is 9.59 Å². The van der Waals surface area contributed by atoms with Crippen LogP contribution in [0.1, 0.15) is 45.6 Å². The van der Waals surface area contributed by atoms with Gasteiger partial charge in [-0.3, -0.25) is 0 Å². The zero-order valence-electron chi connectivity index (χ0n) is 15.5. The van der Waals surface area contributed by atoms with E-state index in [1.54, 1.807) is 20.8 Å². The maximum atomic E-state index is 11.8. The molecule has 0 fully saturated rings. The number of hydrogen-bond donors (Lipinski definition) is 2. The lowest BCUT2D eigenvalue weighted by atomic mass is 10.0. The SMILES string of the molecule is CC(C)(C)OC(=O)N[C@@H](Cc1ccc(OC2C=CCCC2)cc1)C(=O)O. The molecular weight excluding hydrogens is 334 g/mol. The molecule has 1 aliphatic carbocycles. The summed E-state index contributed by atoms with van der Waals surface area (Å²) < 4.78 is 11.0. The minimum atomic E-state index is -1.11.